The number of hydrogen-bond acceptors (Lipinski definition) is 6. The molecule has 2 aliphatic rings. The number of aliphatic hydroxyl groups is 1. The quantitative estimate of drug-likeness (QED) is 0.781. The Morgan fingerprint density at radius 2 is 2.26 bits per heavy atom. The molecule has 2 aromatic rings. The maximum Gasteiger partial charge on any atom is 0.355 e. The van der Waals surface area contributed by atoms with Crippen LogP contribution in [0.25, 0.3) is 0 Å². The van der Waals surface area contributed by atoms with Crippen LogP contribution in [0.5, 0.6) is 5.75 Å². The molecule has 144 valence electrons. The zero-order chi connectivity index (χ0) is 19.0. The van der Waals surface area contributed by atoms with Crippen LogP contribution in [0.3, 0.4) is 0 Å². The molecule has 0 amide bonds. The number of carboxylic acids is 1. The van der Waals surface area contributed by atoms with E-state index in [0.29, 0.717) is 28.8 Å². The zero-order valence-corrected chi connectivity index (χ0v) is 16.0. The summed E-state index contributed by atoms with van der Waals surface area (Å²) in [6.07, 6.45) is 1.45. The average molecular weight is 410 g/mol. The molecule has 1 aliphatic carbocycles. The fourth-order valence-electron chi connectivity index (χ4n) is 4.03. The molecule has 27 heavy (non-hydrogen) atoms. The van der Waals surface area contributed by atoms with Crippen molar-refractivity contribution in [2.75, 3.05) is 6.61 Å². The zero-order valence-electron chi connectivity index (χ0n) is 14.5. The van der Waals surface area contributed by atoms with Gasteiger partial charge in [0.05, 0.1) is 18.8 Å². The highest BCUT2D eigenvalue weighted by molar-refractivity contribution is 7.09. The third-order valence-corrected chi connectivity index (χ3v) is 6.52. The molecular formula is C19H20ClNO5S. The number of aliphatic hydroxyl groups excluding tert-OH is 1. The summed E-state index contributed by atoms with van der Waals surface area (Å²) in [7, 11) is 0. The van der Waals surface area contributed by atoms with E-state index in [9.17, 15) is 9.90 Å². The van der Waals surface area contributed by atoms with Gasteiger partial charge in [0.2, 0.25) is 0 Å². The van der Waals surface area contributed by atoms with Crippen LogP contribution in [0.15, 0.2) is 29.6 Å². The van der Waals surface area contributed by atoms with E-state index in [1.54, 1.807) is 12.1 Å². The summed E-state index contributed by atoms with van der Waals surface area (Å²) in [6, 6.07) is 7.23. The van der Waals surface area contributed by atoms with Crippen molar-refractivity contribution in [3.63, 3.8) is 0 Å². The minimum atomic E-state index is -1.03. The van der Waals surface area contributed by atoms with Gasteiger partial charge in [-0.2, -0.15) is 0 Å². The predicted molar refractivity (Wildman–Crippen MR) is 100 cm³/mol. The molecule has 1 aromatic carbocycles. The molecule has 1 saturated heterocycles. The number of fused-ring (bicyclic) bond motifs is 1. The van der Waals surface area contributed by atoms with Crippen molar-refractivity contribution in [3.8, 4) is 5.75 Å². The lowest BCUT2D eigenvalue weighted by molar-refractivity contribution is -0.0811. The minimum absolute atomic E-state index is 0.000747. The first-order valence-corrected chi connectivity index (χ1v) is 10.2. The second kappa shape index (κ2) is 7.75. The van der Waals surface area contributed by atoms with Crippen molar-refractivity contribution in [1.29, 1.82) is 0 Å². The minimum Gasteiger partial charge on any atom is -0.493 e. The Bertz CT molecular complexity index is 828. The summed E-state index contributed by atoms with van der Waals surface area (Å²) in [5.41, 5.74) is 0.0555. The van der Waals surface area contributed by atoms with Gasteiger partial charge in [0, 0.05) is 22.7 Å². The summed E-state index contributed by atoms with van der Waals surface area (Å²) in [4.78, 5) is 15.2. The highest BCUT2D eigenvalue weighted by Gasteiger charge is 2.47. The molecule has 2 fully saturated rings. The molecule has 0 radical (unpaired) electrons. The van der Waals surface area contributed by atoms with Crippen molar-refractivity contribution in [3.05, 3.63) is 45.4 Å². The number of halogens is 1. The first-order chi connectivity index (χ1) is 13.0. The SMILES string of the molecule is O=C(O)c1csc([C@H]2CC[C@@H]3[C@H](COc4cccc(Cl)c4)[C@H](O)C[C@@H]3O2)n1. The molecule has 1 aromatic heterocycles. The maximum atomic E-state index is 11.0. The van der Waals surface area contributed by atoms with Gasteiger partial charge in [0.25, 0.3) is 0 Å². The van der Waals surface area contributed by atoms with Gasteiger partial charge in [0.1, 0.15) is 16.9 Å². The highest BCUT2D eigenvalue weighted by Crippen LogP contribution is 2.46. The summed E-state index contributed by atoms with van der Waals surface area (Å²) >= 11 is 7.30. The Balaban J connectivity index is 1.39. The second-order valence-corrected chi connectivity index (χ2v) is 8.34. The van der Waals surface area contributed by atoms with Gasteiger partial charge in [-0.15, -0.1) is 11.3 Å². The molecular weight excluding hydrogens is 390 g/mol. The van der Waals surface area contributed by atoms with Crippen LogP contribution in [0.2, 0.25) is 5.02 Å². The first kappa shape index (κ1) is 18.7. The van der Waals surface area contributed by atoms with E-state index < -0.39 is 12.1 Å². The first-order valence-electron chi connectivity index (χ1n) is 8.92. The number of benzene rings is 1. The topological polar surface area (TPSA) is 88.9 Å². The summed E-state index contributed by atoms with van der Waals surface area (Å²) in [6.45, 7) is 0.414. The van der Waals surface area contributed by atoms with Crippen molar-refractivity contribution in [2.45, 2.75) is 37.6 Å². The van der Waals surface area contributed by atoms with Crippen LogP contribution < -0.4 is 4.74 Å². The number of aromatic nitrogens is 1. The van der Waals surface area contributed by atoms with Crippen LogP contribution in [0.1, 0.15) is 40.9 Å². The van der Waals surface area contributed by atoms with E-state index in [4.69, 9.17) is 26.2 Å². The lowest BCUT2D eigenvalue weighted by atomic mass is 9.87. The van der Waals surface area contributed by atoms with Crippen molar-refractivity contribution >= 4 is 28.9 Å². The van der Waals surface area contributed by atoms with Crippen LogP contribution in [0.4, 0.5) is 0 Å². The molecule has 2 N–H and O–H groups in total. The van der Waals surface area contributed by atoms with Gasteiger partial charge >= 0.3 is 5.97 Å². The maximum absolute atomic E-state index is 11.0. The van der Waals surface area contributed by atoms with Gasteiger partial charge in [-0.1, -0.05) is 17.7 Å². The van der Waals surface area contributed by atoms with Gasteiger partial charge in [0.15, 0.2) is 5.69 Å². The van der Waals surface area contributed by atoms with Crippen molar-refractivity contribution in [1.82, 2.24) is 4.98 Å². The third kappa shape index (κ3) is 3.96. The summed E-state index contributed by atoms with van der Waals surface area (Å²) in [5.74, 6) is -0.118. The standard InChI is InChI=1S/C19H20ClNO5S/c20-10-2-1-3-11(6-10)25-8-13-12-4-5-16(26-17(12)7-15(13)22)18-21-14(9-27-18)19(23)24/h1-3,6,9,12-13,15-17,22H,4-5,7-8H2,(H,23,24)/t12-,13+,15-,16-,17+/m1/s1. The molecule has 5 atom stereocenters. The van der Waals surface area contributed by atoms with Gasteiger partial charge in [-0.3, -0.25) is 0 Å². The number of carboxylic acid groups (broad SMARTS) is 1. The number of nitrogens with zero attached hydrogens (tertiary/aromatic N) is 1. The second-order valence-electron chi connectivity index (χ2n) is 7.02. The van der Waals surface area contributed by atoms with Crippen LogP contribution in [0, 0.1) is 11.8 Å². The Morgan fingerprint density at radius 1 is 1.41 bits per heavy atom. The number of hydrogen-bond donors (Lipinski definition) is 2. The fourth-order valence-corrected chi connectivity index (χ4v) is 5.07. The van der Waals surface area contributed by atoms with Crippen LogP contribution >= 0.6 is 22.9 Å². The summed E-state index contributed by atoms with van der Waals surface area (Å²) < 4.78 is 12.0. The normalized spacial score (nSPS) is 30.1. The Morgan fingerprint density at radius 3 is 3.00 bits per heavy atom. The lowest BCUT2D eigenvalue weighted by Crippen LogP contribution is -2.33. The van der Waals surface area contributed by atoms with Crippen LogP contribution in [-0.2, 0) is 4.74 Å². The number of ether oxygens (including phenoxy) is 2. The molecule has 8 heteroatoms. The van der Waals surface area contributed by atoms with Crippen molar-refractivity contribution < 1.29 is 24.5 Å². The van der Waals surface area contributed by atoms with E-state index in [0.717, 1.165) is 12.8 Å². The number of aromatic carboxylic acids is 1. The van der Waals surface area contributed by atoms with E-state index in [2.05, 4.69) is 4.98 Å². The van der Waals surface area contributed by atoms with E-state index in [1.807, 2.05) is 12.1 Å². The average Bonchev–Trinajstić information content (AvgIpc) is 3.24. The molecule has 0 bridgehead atoms. The molecule has 2 heterocycles. The van der Waals surface area contributed by atoms with E-state index in [1.165, 1.54) is 16.7 Å². The monoisotopic (exact) mass is 409 g/mol. The number of thiazole rings is 1. The summed E-state index contributed by atoms with van der Waals surface area (Å²) in [5, 5.41) is 22.4. The smallest absolute Gasteiger partial charge is 0.355 e. The highest BCUT2D eigenvalue weighted by atomic mass is 35.5. The Kier molecular flexibility index (Phi) is 5.36. The lowest BCUT2D eigenvalue weighted by Gasteiger charge is -2.33. The number of rotatable bonds is 5. The van der Waals surface area contributed by atoms with Gasteiger partial charge in [-0.25, -0.2) is 9.78 Å². The fraction of sp³-hybridized carbons (Fsp3) is 0.474. The van der Waals surface area contributed by atoms with Crippen molar-refractivity contribution in [2.24, 2.45) is 11.8 Å². The molecule has 1 saturated carbocycles. The molecule has 6 nitrogen and oxygen atoms in total. The molecule has 0 unspecified atom stereocenters. The van der Waals surface area contributed by atoms with Gasteiger partial charge in [-0.05, 0) is 37.0 Å². The Labute approximate surface area is 165 Å². The predicted octanol–water partition coefficient (Wildman–Crippen LogP) is 3.79. The largest absolute Gasteiger partial charge is 0.493 e. The Hall–Kier alpha value is -1.67. The van der Waals surface area contributed by atoms with Gasteiger partial charge < -0.3 is 19.7 Å². The van der Waals surface area contributed by atoms with Crippen LogP contribution in [-0.4, -0.2) is 40.0 Å². The molecule has 4 rings (SSSR count). The molecule has 1 aliphatic heterocycles. The van der Waals surface area contributed by atoms with E-state index >= 15 is 0 Å². The molecule has 0 spiro atoms. The number of carbonyl (C=O) groups is 1. The van der Waals surface area contributed by atoms with E-state index in [-0.39, 0.29) is 29.7 Å². The third-order valence-electron chi connectivity index (χ3n) is 5.35.